The van der Waals surface area contributed by atoms with Crippen LogP contribution in [0, 0.1) is 5.82 Å². The van der Waals surface area contributed by atoms with Gasteiger partial charge in [0.2, 0.25) is 0 Å². The van der Waals surface area contributed by atoms with Crippen molar-refractivity contribution in [2.24, 2.45) is 0 Å². The van der Waals surface area contributed by atoms with Crippen molar-refractivity contribution < 1.29 is 24.1 Å². The number of carboxylic acids is 1. The minimum absolute atomic E-state index is 0.0585. The van der Waals surface area contributed by atoms with E-state index in [9.17, 15) is 19.4 Å². The average Bonchev–Trinajstić information content (AvgIpc) is 2.73. The maximum Gasteiger partial charge on any atom is 0.340 e. The van der Waals surface area contributed by atoms with Gasteiger partial charge in [0.15, 0.2) is 0 Å². The lowest BCUT2D eigenvalue weighted by Gasteiger charge is -2.25. The fraction of sp³-hybridized carbons (Fsp3) is 0.346. The second-order valence-electron chi connectivity index (χ2n) is 8.22. The number of carbonyl (C=O) groups is 1. The van der Waals surface area contributed by atoms with E-state index in [-0.39, 0.29) is 23.2 Å². The normalized spacial score (nSPS) is 14.5. The molecule has 0 atom stereocenters. The van der Waals surface area contributed by atoms with Crippen molar-refractivity contribution in [3.63, 3.8) is 0 Å². The van der Waals surface area contributed by atoms with Crippen molar-refractivity contribution in [1.82, 2.24) is 0 Å². The van der Waals surface area contributed by atoms with Gasteiger partial charge in [-0.25, -0.2) is 9.18 Å². The number of allylic oxidation sites excluding steroid dienone is 2. The molecule has 0 bridgehead atoms. The fourth-order valence-corrected chi connectivity index (χ4v) is 3.79. The second-order valence-corrected chi connectivity index (χ2v) is 8.22. The van der Waals surface area contributed by atoms with Crippen LogP contribution in [0.5, 0.6) is 11.5 Å². The molecule has 0 spiro atoms. The van der Waals surface area contributed by atoms with Gasteiger partial charge in [-0.3, -0.25) is 0 Å². The maximum absolute atomic E-state index is 13.2. The zero-order chi connectivity index (χ0) is 22.4. The molecule has 0 saturated heterocycles. The van der Waals surface area contributed by atoms with E-state index >= 15 is 0 Å². The molecule has 1 fully saturated rings. The molecule has 4 nitrogen and oxygen atoms in total. The Hall–Kier alpha value is -3.08. The molecule has 5 heteroatoms. The predicted octanol–water partition coefficient (Wildman–Crippen LogP) is 6.62. The molecule has 3 rings (SSSR count). The smallest absolute Gasteiger partial charge is 0.340 e. The summed E-state index contributed by atoms with van der Waals surface area (Å²) in [5.41, 5.74) is 2.47. The highest BCUT2D eigenvalue weighted by Crippen LogP contribution is 2.38. The Morgan fingerprint density at radius 1 is 1.13 bits per heavy atom. The summed E-state index contributed by atoms with van der Waals surface area (Å²) in [4.78, 5) is 12.0. The molecule has 31 heavy (non-hydrogen) atoms. The van der Waals surface area contributed by atoms with E-state index in [0.29, 0.717) is 23.3 Å². The number of aromatic carboxylic acids is 1. The van der Waals surface area contributed by atoms with Gasteiger partial charge in [-0.15, -0.1) is 0 Å². The third-order valence-electron chi connectivity index (χ3n) is 5.49. The van der Waals surface area contributed by atoms with Crippen LogP contribution in [-0.2, 0) is 6.42 Å². The van der Waals surface area contributed by atoms with Crippen LogP contribution in [0.15, 0.2) is 42.0 Å². The summed E-state index contributed by atoms with van der Waals surface area (Å²) < 4.78 is 19.4. The number of halogens is 1. The standard InChI is InChI=1S/C26H29FO4/c1-17(2)8-15-22-23(31-21-6-4-3-5-7-21)16-19(24(25(22)28)26(29)30)12-9-18-10-13-20(27)14-11-18/h8-14,16,21,28H,3-7,15H2,1-2H3,(H,29,30)/b12-9+. The molecule has 0 heterocycles. The second kappa shape index (κ2) is 10.3. The summed E-state index contributed by atoms with van der Waals surface area (Å²) in [6, 6.07) is 7.60. The van der Waals surface area contributed by atoms with Crippen molar-refractivity contribution >= 4 is 18.1 Å². The van der Waals surface area contributed by atoms with E-state index in [1.165, 1.54) is 18.6 Å². The molecule has 2 aromatic rings. The molecule has 0 aliphatic heterocycles. The zero-order valence-corrected chi connectivity index (χ0v) is 18.0. The fourth-order valence-electron chi connectivity index (χ4n) is 3.79. The molecule has 0 radical (unpaired) electrons. The number of benzene rings is 2. The highest BCUT2D eigenvalue weighted by atomic mass is 19.1. The monoisotopic (exact) mass is 424 g/mol. The number of phenols is 1. The molecule has 2 aromatic carbocycles. The molecule has 1 aliphatic rings. The first-order valence-electron chi connectivity index (χ1n) is 10.7. The molecule has 2 N–H and O–H groups in total. The van der Waals surface area contributed by atoms with Crippen molar-refractivity contribution in [2.45, 2.75) is 58.5 Å². The SMILES string of the molecule is CC(C)=CCc1c(OC2CCCCC2)cc(/C=C/c2ccc(F)cc2)c(C(=O)O)c1O. The van der Waals surface area contributed by atoms with Gasteiger partial charge in [-0.05, 0) is 75.3 Å². The molecule has 0 unspecified atom stereocenters. The van der Waals surface area contributed by atoms with Gasteiger partial charge in [0.05, 0.1) is 6.10 Å². The van der Waals surface area contributed by atoms with Crippen LogP contribution < -0.4 is 4.74 Å². The van der Waals surface area contributed by atoms with Crippen molar-refractivity contribution in [3.8, 4) is 11.5 Å². The van der Waals surface area contributed by atoms with E-state index in [4.69, 9.17) is 4.74 Å². The highest BCUT2D eigenvalue weighted by Gasteiger charge is 2.24. The lowest BCUT2D eigenvalue weighted by molar-refractivity contribution is 0.0693. The molecule has 1 aliphatic carbocycles. The quantitative estimate of drug-likeness (QED) is 0.387. The number of hydrogen-bond donors (Lipinski definition) is 2. The van der Waals surface area contributed by atoms with E-state index in [2.05, 4.69) is 0 Å². The van der Waals surface area contributed by atoms with Crippen molar-refractivity contribution in [2.75, 3.05) is 0 Å². The summed E-state index contributed by atoms with van der Waals surface area (Å²) >= 11 is 0. The van der Waals surface area contributed by atoms with Crippen LogP contribution in [-0.4, -0.2) is 22.3 Å². The lowest BCUT2D eigenvalue weighted by Crippen LogP contribution is -2.20. The Balaban J connectivity index is 2.06. The number of ether oxygens (including phenoxy) is 1. The number of carboxylic acid groups (broad SMARTS) is 1. The molecule has 164 valence electrons. The molecule has 1 saturated carbocycles. The van der Waals surface area contributed by atoms with Gasteiger partial charge in [-0.2, -0.15) is 0 Å². The topological polar surface area (TPSA) is 66.8 Å². The Bertz CT molecular complexity index is 979. The van der Waals surface area contributed by atoms with Crippen LogP contribution in [0.3, 0.4) is 0 Å². The third kappa shape index (κ3) is 5.97. The van der Waals surface area contributed by atoms with Gasteiger partial charge in [0, 0.05) is 5.56 Å². The summed E-state index contributed by atoms with van der Waals surface area (Å²) in [5, 5.41) is 20.7. The third-order valence-corrected chi connectivity index (χ3v) is 5.49. The van der Waals surface area contributed by atoms with Crippen LogP contribution in [0.4, 0.5) is 4.39 Å². The summed E-state index contributed by atoms with van der Waals surface area (Å²) in [7, 11) is 0. The molecule has 0 aromatic heterocycles. The van der Waals surface area contributed by atoms with E-state index < -0.39 is 5.97 Å². The Morgan fingerprint density at radius 2 is 1.81 bits per heavy atom. The Morgan fingerprint density at radius 3 is 2.42 bits per heavy atom. The van der Waals surface area contributed by atoms with Crippen LogP contribution in [0.1, 0.15) is 73.0 Å². The summed E-state index contributed by atoms with van der Waals surface area (Å²) in [6.45, 7) is 3.91. The molecular weight excluding hydrogens is 395 g/mol. The van der Waals surface area contributed by atoms with Crippen LogP contribution >= 0.6 is 0 Å². The van der Waals surface area contributed by atoms with Crippen molar-refractivity contribution in [1.29, 1.82) is 0 Å². The average molecular weight is 425 g/mol. The van der Waals surface area contributed by atoms with Gasteiger partial charge in [0.25, 0.3) is 0 Å². The first-order valence-corrected chi connectivity index (χ1v) is 10.7. The Labute approximate surface area is 182 Å². The largest absolute Gasteiger partial charge is 0.507 e. The van der Waals surface area contributed by atoms with Crippen molar-refractivity contribution in [3.05, 3.63) is 70.1 Å². The van der Waals surface area contributed by atoms with E-state index in [1.807, 2.05) is 19.9 Å². The van der Waals surface area contributed by atoms with Gasteiger partial charge in [-0.1, -0.05) is 42.4 Å². The van der Waals surface area contributed by atoms with E-state index in [0.717, 1.165) is 36.8 Å². The molecular formula is C26H29FO4. The number of aromatic hydroxyl groups is 1. The first-order chi connectivity index (χ1) is 14.8. The minimum Gasteiger partial charge on any atom is -0.507 e. The van der Waals surface area contributed by atoms with E-state index in [1.54, 1.807) is 30.4 Å². The van der Waals surface area contributed by atoms with Crippen LogP contribution in [0.25, 0.3) is 12.2 Å². The van der Waals surface area contributed by atoms with Gasteiger partial charge < -0.3 is 14.9 Å². The molecule has 0 amide bonds. The van der Waals surface area contributed by atoms with Gasteiger partial charge in [0.1, 0.15) is 22.9 Å². The zero-order valence-electron chi connectivity index (χ0n) is 18.0. The van der Waals surface area contributed by atoms with Crippen LogP contribution in [0.2, 0.25) is 0 Å². The maximum atomic E-state index is 13.2. The summed E-state index contributed by atoms with van der Waals surface area (Å²) in [6.07, 6.45) is 11.0. The number of rotatable bonds is 7. The minimum atomic E-state index is -1.21. The first kappa shape index (κ1) is 22.6. The highest BCUT2D eigenvalue weighted by molar-refractivity contribution is 5.97. The van der Waals surface area contributed by atoms with Gasteiger partial charge >= 0.3 is 5.97 Å². The lowest BCUT2D eigenvalue weighted by atomic mass is 9.95. The Kier molecular flexibility index (Phi) is 7.50. The predicted molar refractivity (Wildman–Crippen MR) is 121 cm³/mol. The summed E-state index contributed by atoms with van der Waals surface area (Å²) in [5.74, 6) is -1.30. The number of hydrogen-bond acceptors (Lipinski definition) is 3.